The molecule has 3 amide bonds. The van der Waals surface area contributed by atoms with E-state index in [1.807, 2.05) is 32.0 Å². The lowest BCUT2D eigenvalue weighted by atomic mass is 10.1. The van der Waals surface area contributed by atoms with Crippen molar-refractivity contribution >= 4 is 34.6 Å². The average molecular weight is 463 g/mol. The van der Waals surface area contributed by atoms with E-state index >= 15 is 0 Å². The predicted molar refractivity (Wildman–Crippen MR) is 127 cm³/mol. The van der Waals surface area contributed by atoms with E-state index in [4.69, 9.17) is 4.42 Å². The molecule has 0 aliphatic carbocycles. The molecule has 0 bridgehead atoms. The molecule has 0 radical (unpaired) electrons. The molecule has 0 fully saturated rings. The summed E-state index contributed by atoms with van der Waals surface area (Å²) >= 11 is 1.09. The van der Waals surface area contributed by atoms with Gasteiger partial charge in [-0.3, -0.25) is 19.5 Å². The number of aromatic nitrogens is 2. The van der Waals surface area contributed by atoms with E-state index < -0.39 is 11.9 Å². The van der Waals surface area contributed by atoms with Crippen LogP contribution in [0, 0.1) is 13.8 Å². The molecule has 2 heterocycles. The molecule has 2 aromatic heterocycles. The van der Waals surface area contributed by atoms with Crippen LogP contribution in [0.1, 0.15) is 16.9 Å². The van der Waals surface area contributed by atoms with Crippen molar-refractivity contribution in [1.29, 1.82) is 0 Å². The minimum Gasteiger partial charge on any atom is -0.467 e. The first kappa shape index (κ1) is 22.3. The maximum Gasteiger partial charge on any atom is 0.321 e. The molecule has 0 saturated carbocycles. The van der Waals surface area contributed by atoms with Crippen molar-refractivity contribution in [2.45, 2.75) is 25.5 Å². The number of fused-ring (bicyclic) bond motifs is 1. The summed E-state index contributed by atoms with van der Waals surface area (Å²) in [5.41, 5.74) is 3.01. The largest absolute Gasteiger partial charge is 0.467 e. The zero-order valence-electron chi connectivity index (χ0n) is 18.1. The highest BCUT2D eigenvalue weighted by atomic mass is 32.2. The van der Waals surface area contributed by atoms with Gasteiger partial charge in [0, 0.05) is 0 Å². The first-order valence-corrected chi connectivity index (χ1v) is 11.2. The van der Waals surface area contributed by atoms with Crippen molar-refractivity contribution in [3.05, 3.63) is 88.1 Å². The Morgan fingerprint density at radius 1 is 1.06 bits per heavy atom. The van der Waals surface area contributed by atoms with Crippen molar-refractivity contribution in [2.24, 2.45) is 0 Å². The van der Waals surface area contributed by atoms with Crippen LogP contribution in [0.5, 0.6) is 0 Å². The number of urea groups is 1. The van der Waals surface area contributed by atoms with Crippen LogP contribution in [-0.4, -0.2) is 27.2 Å². The maximum atomic E-state index is 13.3. The summed E-state index contributed by atoms with van der Waals surface area (Å²) in [5, 5.41) is 5.69. The lowest BCUT2D eigenvalue weighted by Crippen LogP contribution is -2.40. The Bertz CT molecular complexity index is 1360. The fraction of sp³-hybridized carbons (Fsp3) is 0.167. The number of amides is 3. The zero-order valence-corrected chi connectivity index (χ0v) is 18.9. The van der Waals surface area contributed by atoms with E-state index in [1.54, 1.807) is 36.4 Å². The average Bonchev–Trinajstić information content (AvgIpc) is 3.29. The summed E-state index contributed by atoms with van der Waals surface area (Å²) in [4.78, 5) is 42.3. The van der Waals surface area contributed by atoms with Crippen molar-refractivity contribution in [1.82, 2.24) is 20.2 Å². The van der Waals surface area contributed by atoms with Crippen LogP contribution in [0.4, 0.5) is 4.79 Å². The SMILES string of the molecule is Cc1cc(C)cc(-n2c(SCC(=O)NC(=O)NCc3ccco3)nc3ccccc3c2=O)c1. The fourth-order valence-corrected chi connectivity index (χ4v) is 4.25. The van der Waals surface area contributed by atoms with E-state index in [1.165, 1.54) is 10.8 Å². The highest BCUT2D eigenvalue weighted by Gasteiger charge is 2.16. The van der Waals surface area contributed by atoms with Crippen LogP contribution < -0.4 is 16.2 Å². The van der Waals surface area contributed by atoms with E-state index in [9.17, 15) is 14.4 Å². The Balaban J connectivity index is 1.55. The molecular weight excluding hydrogens is 440 g/mol. The van der Waals surface area contributed by atoms with Gasteiger partial charge in [-0.05, 0) is 61.4 Å². The van der Waals surface area contributed by atoms with E-state index in [0.717, 1.165) is 22.9 Å². The first-order valence-electron chi connectivity index (χ1n) is 10.2. The van der Waals surface area contributed by atoms with Crippen molar-refractivity contribution in [3.63, 3.8) is 0 Å². The molecule has 4 aromatic rings. The number of hydrogen-bond acceptors (Lipinski definition) is 6. The topological polar surface area (TPSA) is 106 Å². The van der Waals surface area contributed by atoms with E-state index in [-0.39, 0.29) is 17.9 Å². The number of aryl methyl sites for hydroxylation is 2. The molecule has 0 spiro atoms. The van der Waals surface area contributed by atoms with Gasteiger partial charge in [-0.1, -0.05) is 30.0 Å². The van der Waals surface area contributed by atoms with E-state index in [0.29, 0.717) is 27.5 Å². The summed E-state index contributed by atoms with van der Waals surface area (Å²) < 4.78 is 6.65. The number of furan rings is 1. The van der Waals surface area contributed by atoms with Gasteiger partial charge >= 0.3 is 6.03 Å². The first-order chi connectivity index (χ1) is 15.9. The third-order valence-corrected chi connectivity index (χ3v) is 5.74. The zero-order chi connectivity index (χ0) is 23.4. The summed E-state index contributed by atoms with van der Waals surface area (Å²) in [7, 11) is 0. The molecule has 0 unspecified atom stereocenters. The van der Waals surface area contributed by atoms with Crippen molar-refractivity contribution in [2.75, 3.05) is 5.75 Å². The molecule has 2 aromatic carbocycles. The van der Waals surface area contributed by atoms with Crippen LogP contribution in [0.3, 0.4) is 0 Å². The minimum absolute atomic E-state index is 0.0935. The molecule has 8 nitrogen and oxygen atoms in total. The molecular formula is C24H22N4O4S. The molecule has 0 aliphatic rings. The van der Waals surface area contributed by atoms with Gasteiger partial charge in [0.25, 0.3) is 5.56 Å². The van der Waals surface area contributed by atoms with E-state index in [2.05, 4.69) is 15.6 Å². The van der Waals surface area contributed by atoms with Crippen molar-refractivity contribution in [3.8, 4) is 5.69 Å². The Kier molecular flexibility index (Phi) is 6.60. The number of carbonyl (C=O) groups excluding carboxylic acids is 2. The second-order valence-electron chi connectivity index (χ2n) is 7.50. The lowest BCUT2D eigenvalue weighted by molar-refractivity contribution is -0.117. The van der Waals surface area contributed by atoms with Gasteiger partial charge < -0.3 is 9.73 Å². The van der Waals surface area contributed by atoms with Gasteiger partial charge in [-0.2, -0.15) is 0 Å². The summed E-state index contributed by atoms with van der Waals surface area (Å²) in [6.07, 6.45) is 1.50. The monoisotopic (exact) mass is 462 g/mol. The summed E-state index contributed by atoms with van der Waals surface area (Å²) in [6.45, 7) is 4.08. The molecule has 9 heteroatoms. The fourth-order valence-electron chi connectivity index (χ4n) is 3.43. The number of nitrogens with one attached hydrogen (secondary N) is 2. The second-order valence-corrected chi connectivity index (χ2v) is 8.44. The molecule has 4 rings (SSSR count). The van der Waals surface area contributed by atoms with Crippen LogP contribution in [-0.2, 0) is 11.3 Å². The Hall–Kier alpha value is -3.85. The Labute approximate surface area is 194 Å². The molecule has 0 saturated heterocycles. The second kappa shape index (κ2) is 9.74. The maximum absolute atomic E-state index is 13.3. The number of rotatable bonds is 6. The van der Waals surface area contributed by atoms with Gasteiger partial charge in [0.05, 0.1) is 35.2 Å². The molecule has 168 valence electrons. The lowest BCUT2D eigenvalue weighted by Gasteiger charge is -2.14. The third-order valence-electron chi connectivity index (χ3n) is 4.80. The number of imide groups is 1. The third kappa shape index (κ3) is 5.32. The highest BCUT2D eigenvalue weighted by molar-refractivity contribution is 7.99. The Morgan fingerprint density at radius 2 is 1.82 bits per heavy atom. The normalized spacial score (nSPS) is 10.8. The van der Waals surface area contributed by atoms with Crippen molar-refractivity contribution < 1.29 is 14.0 Å². The van der Waals surface area contributed by atoms with Crippen LogP contribution in [0.25, 0.3) is 16.6 Å². The number of benzene rings is 2. The highest BCUT2D eigenvalue weighted by Crippen LogP contribution is 2.22. The van der Waals surface area contributed by atoms with Gasteiger partial charge in [0.15, 0.2) is 5.16 Å². The molecule has 0 atom stereocenters. The quantitative estimate of drug-likeness (QED) is 0.334. The summed E-state index contributed by atoms with van der Waals surface area (Å²) in [5.74, 6) is -0.0276. The van der Waals surface area contributed by atoms with Gasteiger partial charge in [0.1, 0.15) is 5.76 Å². The summed E-state index contributed by atoms with van der Waals surface area (Å²) in [6, 6.07) is 15.7. The van der Waals surface area contributed by atoms with Crippen LogP contribution in [0.15, 0.2) is 75.2 Å². The number of nitrogens with zero attached hydrogens (tertiary/aromatic N) is 2. The number of hydrogen-bond donors (Lipinski definition) is 2. The van der Waals surface area contributed by atoms with Crippen LogP contribution in [0.2, 0.25) is 0 Å². The smallest absolute Gasteiger partial charge is 0.321 e. The predicted octanol–water partition coefficient (Wildman–Crippen LogP) is 3.71. The minimum atomic E-state index is -0.629. The van der Waals surface area contributed by atoms with Crippen LogP contribution >= 0.6 is 11.8 Å². The number of para-hydroxylation sites is 1. The van der Waals surface area contributed by atoms with Gasteiger partial charge in [0.2, 0.25) is 5.91 Å². The van der Waals surface area contributed by atoms with Gasteiger partial charge in [-0.15, -0.1) is 0 Å². The van der Waals surface area contributed by atoms with Gasteiger partial charge in [-0.25, -0.2) is 9.78 Å². The molecule has 0 aliphatic heterocycles. The number of carbonyl (C=O) groups is 2. The number of thioether (sulfide) groups is 1. The molecule has 33 heavy (non-hydrogen) atoms. The molecule has 2 N–H and O–H groups in total. The Morgan fingerprint density at radius 3 is 2.55 bits per heavy atom. The standard InChI is InChI=1S/C24H22N4O4S/c1-15-10-16(2)12-17(11-15)28-22(30)19-7-3-4-8-20(19)26-24(28)33-14-21(29)27-23(31)25-13-18-6-5-9-32-18/h3-12H,13-14H2,1-2H3,(H2,25,27,29,31).